The van der Waals surface area contributed by atoms with Gasteiger partial charge in [0.05, 0.1) is 29.6 Å². The number of ether oxygens (including phenoxy) is 1. The minimum Gasteiger partial charge on any atom is -0.447 e. The third-order valence-corrected chi connectivity index (χ3v) is 6.34. The van der Waals surface area contributed by atoms with Crippen LogP contribution in [0.3, 0.4) is 0 Å². The van der Waals surface area contributed by atoms with Crippen molar-refractivity contribution in [1.29, 1.82) is 0 Å². The van der Waals surface area contributed by atoms with E-state index in [0.717, 1.165) is 16.9 Å². The molecule has 1 fully saturated rings. The molecular weight excluding hydrogens is 480 g/mol. The van der Waals surface area contributed by atoms with E-state index in [1.165, 1.54) is 0 Å². The van der Waals surface area contributed by atoms with Crippen LogP contribution >= 0.6 is 11.6 Å². The molecule has 180 valence electrons. The lowest BCUT2D eigenvalue weighted by atomic mass is 10.1. The number of fused-ring (bicyclic) bond motifs is 1. The van der Waals surface area contributed by atoms with Gasteiger partial charge in [0.1, 0.15) is 12.6 Å². The lowest BCUT2D eigenvalue weighted by molar-refractivity contribution is 0.179. The molecule has 0 bridgehead atoms. The first-order valence-corrected chi connectivity index (χ1v) is 11.7. The number of rotatable bonds is 6. The summed E-state index contributed by atoms with van der Waals surface area (Å²) in [5.41, 5.74) is 3.20. The number of aromatic amines is 1. The Morgan fingerprint density at radius 2 is 1.94 bits per heavy atom. The zero-order valence-corrected chi connectivity index (χ0v) is 19.9. The van der Waals surface area contributed by atoms with E-state index in [9.17, 15) is 4.79 Å². The van der Waals surface area contributed by atoms with Gasteiger partial charge in [0, 0.05) is 16.9 Å². The number of aromatic nitrogens is 6. The molecular formula is C25H21ClN8O2. The van der Waals surface area contributed by atoms with Crippen molar-refractivity contribution in [3.63, 3.8) is 0 Å². The van der Waals surface area contributed by atoms with Crippen molar-refractivity contribution in [1.82, 2.24) is 29.7 Å². The zero-order valence-electron chi connectivity index (χ0n) is 19.2. The molecule has 1 aliphatic rings. The van der Waals surface area contributed by atoms with Crippen molar-refractivity contribution in [3.8, 4) is 5.69 Å². The number of amides is 1. The van der Waals surface area contributed by atoms with E-state index in [2.05, 4.69) is 25.5 Å². The van der Waals surface area contributed by atoms with E-state index in [-0.39, 0.29) is 18.7 Å². The summed E-state index contributed by atoms with van der Waals surface area (Å²) in [4.78, 5) is 28.2. The largest absolute Gasteiger partial charge is 0.447 e. The lowest BCUT2D eigenvalue weighted by Crippen LogP contribution is -2.28. The molecule has 1 amide bonds. The Labute approximate surface area is 210 Å². The highest BCUT2D eigenvalue weighted by Gasteiger charge is 2.38. The third kappa shape index (κ3) is 4.01. The van der Waals surface area contributed by atoms with Crippen molar-refractivity contribution in [2.45, 2.75) is 19.0 Å². The van der Waals surface area contributed by atoms with Gasteiger partial charge in [0.2, 0.25) is 5.95 Å². The van der Waals surface area contributed by atoms with Gasteiger partial charge in [0.15, 0.2) is 11.5 Å². The maximum atomic E-state index is 12.8. The molecule has 1 saturated heterocycles. The fourth-order valence-electron chi connectivity index (χ4n) is 4.23. The topological polar surface area (TPSA) is 114 Å². The third-order valence-electron chi connectivity index (χ3n) is 6.09. The SMILES string of the molecule is C[C@@H](Nc1nc(N2C(=O)OC[C@@H]2c2ccccc2)c2cn[nH]c2n1)c1cn(-c2ccc(Cl)cc2)cn1. The van der Waals surface area contributed by atoms with E-state index >= 15 is 0 Å². The summed E-state index contributed by atoms with van der Waals surface area (Å²) >= 11 is 6.00. The van der Waals surface area contributed by atoms with Gasteiger partial charge in [-0.25, -0.2) is 14.7 Å². The number of hydrogen-bond acceptors (Lipinski definition) is 7. The number of H-pyrrole nitrogens is 1. The van der Waals surface area contributed by atoms with Crippen LogP contribution in [0.15, 0.2) is 73.3 Å². The van der Waals surface area contributed by atoms with Crippen molar-refractivity contribution < 1.29 is 9.53 Å². The van der Waals surface area contributed by atoms with Crippen LogP contribution in [0.2, 0.25) is 5.02 Å². The van der Waals surface area contributed by atoms with Crippen LogP contribution in [0.5, 0.6) is 0 Å². The molecule has 0 aliphatic carbocycles. The number of halogens is 1. The second-order valence-corrected chi connectivity index (χ2v) is 8.86. The second kappa shape index (κ2) is 8.97. The van der Waals surface area contributed by atoms with Crippen LogP contribution < -0.4 is 10.2 Å². The number of anilines is 2. The van der Waals surface area contributed by atoms with Gasteiger partial charge >= 0.3 is 6.09 Å². The predicted molar refractivity (Wildman–Crippen MR) is 135 cm³/mol. The number of benzene rings is 2. The Hall–Kier alpha value is -4.44. The van der Waals surface area contributed by atoms with Crippen LogP contribution in [-0.2, 0) is 4.74 Å². The molecule has 2 atom stereocenters. The van der Waals surface area contributed by atoms with Gasteiger partial charge in [-0.15, -0.1) is 0 Å². The number of nitrogens with one attached hydrogen (secondary N) is 2. The van der Waals surface area contributed by atoms with Gasteiger partial charge in [-0.1, -0.05) is 41.9 Å². The molecule has 2 aromatic carbocycles. The summed E-state index contributed by atoms with van der Waals surface area (Å²) in [5.74, 6) is 0.758. The predicted octanol–water partition coefficient (Wildman–Crippen LogP) is 5.06. The van der Waals surface area contributed by atoms with Crippen LogP contribution in [0.4, 0.5) is 16.6 Å². The highest BCUT2D eigenvalue weighted by atomic mass is 35.5. The first-order valence-electron chi connectivity index (χ1n) is 11.4. The number of carbonyl (C=O) groups is 1. The quantitative estimate of drug-likeness (QED) is 0.335. The summed E-state index contributed by atoms with van der Waals surface area (Å²) in [6.45, 7) is 2.19. The molecule has 3 aromatic heterocycles. The molecule has 36 heavy (non-hydrogen) atoms. The summed E-state index contributed by atoms with van der Waals surface area (Å²) in [6.07, 6.45) is 4.82. The van der Waals surface area contributed by atoms with Crippen LogP contribution in [-0.4, -0.2) is 42.4 Å². The van der Waals surface area contributed by atoms with Crippen LogP contribution in [0.25, 0.3) is 16.7 Å². The van der Waals surface area contributed by atoms with E-state index < -0.39 is 6.09 Å². The molecule has 10 nitrogen and oxygen atoms in total. The van der Waals surface area contributed by atoms with Crippen molar-refractivity contribution in [2.24, 2.45) is 0 Å². The van der Waals surface area contributed by atoms with Crippen LogP contribution in [0, 0.1) is 0 Å². The Balaban J connectivity index is 1.31. The highest BCUT2D eigenvalue weighted by Crippen LogP contribution is 2.36. The smallest absolute Gasteiger partial charge is 0.416 e. The van der Waals surface area contributed by atoms with Gasteiger partial charge in [0.25, 0.3) is 0 Å². The van der Waals surface area contributed by atoms with Gasteiger partial charge in [-0.2, -0.15) is 15.1 Å². The van der Waals surface area contributed by atoms with E-state index in [4.69, 9.17) is 21.3 Å². The number of hydrogen-bond donors (Lipinski definition) is 2. The van der Waals surface area contributed by atoms with E-state index in [1.54, 1.807) is 17.4 Å². The molecule has 0 saturated carbocycles. The summed E-state index contributed by atoms with van der Waals surface area (Å²) < 4.78 is 7.32. The highest BCUT2D eigenvalue weighted by molar-refractivity contribution is 6.30. The molecule has 11 heteroatoms. The maximum Gasteiger partial charge on any atom is 0.416 e. The number of cyclic esters (lactones) is 1. The van der Waals surface area contributed by atoms with Crippen LogP contribution in [0.1, 0.15) is 30.3 Å². The Morgan fingerprint density at radius 3 is 2.75 bits per heavy atom. The summed E-state index contributed by atoms with van der Waals surface area (Å²) in [7, 11) is 0. The van der Waals surface area contributed by atoms with Gasteiger partial charge in [-0.05, 0) is 36.8 Å². The van der Waals surface area contributed by atoms with E-state index in [0.29, 0.717) is 27.8 Å². The maximum absolute atomic E-state index is 12.8. The molecule has 5 aromatic rings. The molecule has 2 N–H and O–H groups in total. The summed E-state index contributed by atoms with van der Waals surface area (Å²) in [6, 6.07) is 16.7. The van der Waals surface area contributed by atoms with Crippen molar-refractivity contribution >= 4 is 40.5 Å². The van der Waals surface area contributed by atoms with Crippen molar-refractivity contribution in [3.05, 3.63) is 89.6 Å². The summed E-state index contributed by atoms with van der Waals surface area (Å²) in [5, 5.41) is 11.6. The number of nitrogens with zero attached hydrogens (tertiary/aromatic N) is 6. The minimum atomic E-state index is -0.467. The monoisotopic (exact) mass is 500 g/mol. The molecule has 4 heterocycles. The first kappa shape index (κ1) is 22.1. The second-order valence-electron chi connectivity index (χ2n) is 8.42. The minimum absolute atomic E-state index is 0.220. The van der Waals surface area contributed by atoms with Gasteiger partial charge < -0.3 is 14.6 Å². The lowest BCUT2D eigenvalue weighted by Gasteiger charge is -2.22. The average molecular weight is 501 g/mol. The fraction of sp³-hybridized carbons (Fsp3) is 0.160. The fourth-order valence-corrected chi connectivity index (χ4v) is 4.35. The average Bonchev–Trinajstić information content (AvgIpc) is 3.64. The normalized spacial score (nSPS) is 16.3. The molecule has 0 unspecified atom stereocenters. The molecule has 0 spiro atoms. The molecule has 0 radical (unpaired) electrons. The standard InChI is InChI=1S/C25H21ClN8O2/c1-15(20-12-33(14-27-20)18-9-7-17(26)8-10-18)29-24-30-22-19(11-28-32-22)23(31-24)34-21(13-36-25(34)35)16-5-3-2-4-6-16/h2-12,14-15,21H,13H2,1H3,(H2,28,29,30,31,32)/t15-,21-/m1/s1. The molecule has 1 aliphatic heterocycles. The van der Waals surface area contributed by atoms with Crippen molar-refractivity contribution in [2.75, 3.05) is 16.8 Å². The van der Waals surface area contributed by atoms with Gasteiger partial charge in [-0.3, -0.25) is 5.10 Å². The number of imidazole rings is 1. The Morgan fingerprint density at radius 1 is 1.14 bits per heavy atom. The Kier molecular flexibility index (Phi) is 5.49. The first-order chi connectivity index (χ1) is 17.6. The zero-order chi connectivity index (χ0) is 24.6. The Bertz CT molecular complexity index is 1530. The van der Waals surface area contributed by atoms with E-state index in [1.807, 2.05) is 72.3 Å². The molecule has 6 rings (SSSR count). The number of carbonyl (C=O) groups excluding carboxylic acids is 1.